The third kappa shape index (κ3) is 5.08. The Kier molecular flexibility index (Phi) is 7.96. The SMILES string of the molecule is CC(=O)O[C@@H](C(=O)OC1=CC[C@@]2(O)[C@H]3Cc4ccc(O)c5c4[C@@]2(CCN3C)[C@H]1O5)[C@@H](OC(C)=O)C(=O)O[C@H](C(=O)O)c1ccccc1. The lowest BCUT2D eigenvalue weighted by atomic mass is 9.50. The molecule has 47 heavy (non-hydrogen) atoms. The lowest BCUT2D eigenvalue weighted by Crippen LogP contribution is -2.74. The second kappa shape index (κ2) is 11.7. The Hall–Kier alpha value is -4.95. The summed E-state index contributed by atoms with van der Waals surface area (Å²) in [7, 11) is 1.91. The third-order valence-corrected chi connectivity index (χ3v) is 9.46. The molecule has 1 fully saturated rings. The number of rotatable bonds is 9. The highest BCUT2D eigenvalue weighted by atomic mass is 16.6. The zero-order valence-electron chi connectivity index (χ0n) is 25.7. The van der Waals surface area contributed by atoms with Crippen molar-refractivity contribution in [2.45, 2.75) is 74.6 Å². The molecule has 4 aliphatic rings. The molecule has 7 atom stereocenters. The van der Waals surface area contributed by atoms with E-state index in [1.807, 2.05) is 7.05 Å². The number of carboxylic acids is 1. The van der Waals surface area contributed by atoms with E-state index in [0.29, 0.717) is 24.9 Å². The minimum atomic E-state index is -2.26. The van der Waals surface area contributed by atoms with Crippen molar-refractivity contribution >= 4 is 29.8 Å². The van der Waals surface area contributed by atoms with Crippen molar-refractivity contribution in [3.8, 4) is 11.5 Å². The summed E-state index contributed by atoms with van der Waals surface area (Å²) in [6.07, 6.45) is -5.06. The first-order valence-electron chi connectivity index (χ1n) is 15.0. The number of aromatic hydroxyl groups is 1. The number of phenols is 1. The summed E-state index contributed by atoms with van der Waals surface area (Å²) < 4.78 is 27.4. The van der Waals surface area contributed by atoms with Gasteiger partial charge in [0.2, 0.25) is 18.3 Å². The van der Waals surface area contributed by atoms with Gasteiger partial charge in [-0.2, -0.15) is 0 Å². The molecular formula is C33H33NO13. The summed E-state index contributed by atoms with van der Waals surface area (Å²) in [5.41, 5.74) is -0.906. The van der Waals surface area contributed by atoms with Crippen LogP contribution in [0, 0.1) is 0 Å². The van der Waals surface area contributed by atoms with Crippen LogP contribution < -0.4 is 4.74 Å². The van der Waals surface area contributed by atoms with Crippen LogP contribution in [0.4, 0.5) is 0 Å². The predicted octanol–water partition coefficient (Wildman–Crippen LogP) is 1.45. The number of piperidine rings is 1. The molecule has 0 aromatic heterocycles. The van der Waals surface area contributed by atoms with E-state index in [0.717, 1.165) is 19.4 Å². The van der Waals surface area contributed by atoms with Gasteiger partial charge in [-0.05, 0) is 44.1 Å². The second-order valence-electron chi connectivity index (χ2n) is 12.1. The molecule has 0 saturated carbocycles. The predicted molar refractivity (Wildman–Crippen MR) is 157 cm³/mol. The molecule has 6 rings (SSSR count). The van der Waals surface area contributed by atoms with Crippen LogP contribution in [0.15, 0.2) is 54.3 Å². The Labute approximate surface area is 268 Å². The molecule has 2 aromatic rings. The van der Waals surface area contributed by atoms with Crippen molar-refractivity contribution in [2.75, 3.05) is 13.6 Å². The normalized spacial score (nSPS) is 27.1. The molecule has 0 amide bonds. The van der Waals surface area contributed by atoms with Crippen LogP contribution in [0.25, 0.3) is 0 Å². The highest BCUT2D eigenvalue weighted by Gasteiger charge is 2.72. The fraction of sp³-hybridized carbons (Fsp3) is 0.424. The van der Waals surface area contributed by atoms with Gasteiger partial charge in [-0.15, -0.1) is 0 Å². The molecule has 0 unspecified atom stereocenters. The number of likely N-dealkylation sites (N-methyl/N-ethyl adjacent to an activating group) is 1. The van der Waals surface area contributed by atoms with Crippen LogP contribution in [0.5, 0.6) is 11.5 Å². The molecule has 14 nitrogen and oxygen atoms in total. The summed E-state index contributed by atoms with van der Waals surface area (Å²) >= 11 is 0. The zero-order valence-corrected chi connectivity index (χ0v) is 25.7. The average Bonchev–Trinajstić information content (AvgIpc) is 3.38. The first-order valence-corrected chi connectivity index (χ1v) is 15.0. The van der Waals surface area contributed by atoms with Crippen LogP contribution >= 0.6 is 0 Å². The maximum atomic E-state index is 13.8. The number of hydrogen-bond donors (Lipinski definition) is 3. The third-order valence-electron chi connectivity index (χ3n) is 9.46. The number of aliphatic hydroxyl groups is 1. The van der Waals surface area contributed by atoms with Gasteiger partial charge in [0.05, 0.1) is 11.0 Å². The number of carbonyl (C=O) groups is 5. The van der Waals surface area contributed by atoms with E-state index < -0.39 is 65.3 Å². The fourth-order valence-electron chi connectivity index (χ4n) is 7.51. The number of esters is 4. The maximum Gasteiger partial charge on any atom is 0.357 e. The van der Waals surface area contributed by atoms with Crippen molar-refractivity contribution in [1.29, 1.82) is 0 Å². The number of likely N-dealkylation sites (tertiary alicyclic amines) is 1. The second-order valence-corrected chi connectivity index (χ2v) is 12.1. The van der Waals surface area contributed by atoms with Gasteiger partial charge in [0.25, 0.3) is 0 Å². The number of nitrogens with zero attached hydrogens (tertiary/aromatic N) is 1. The van der Waals surface area contributed by atoms with Crippen molar-refractivity contribution in [1.82, 2.24) is 4.90 Å². The van der Waals surface area contributed by atoms with Crippen LogP contribution in [-0.2, 0) is 54.8 Å². The summed E-state index contributed by atoms with van der Waals surface area (Å²) in [5, 5.41) is 32.8. The number of carbonyl (C=O) groups excluding carboxylic acids is 4. The molecule has 2 heterocycles. The van der Waals surface area contributed by atoms with Gasteiger partial charge in [0.15, 0.2) is 17.6 Å². The van der Waals surface area contributed by atoms with Crippen molar-refractivity contribution in [3.05, 3.63) is 71.0 Å². The maximum absolute atomic E-state index is 13.8. The zero-order chi connectivity index (χ0) is 33.8. The minimum Gasteiger partial charge on any atom is -0.504 e. The molecule has 1 spiro atoms. The number of benzene rings is 2. The number of aliphatic carboxylic acids is 1. The molecule has 0 radical (unpaired) electrons. The number of ether oxygens (including phenoxy) is 5. The smallest absolute Gasteiger partial charge is 0.357 e. The summed E-state index contributed by atoms with van der Waals surface area (Å²) in [6.45, 7) is 2.44. The van der Waals surface area contributed by atoms with Crippen molar-refractivity contribution in [2.24, 2.45) is 0 Å². The Morgan fingerprint density at radius 1 is 0.957 bits per heavy atom. The number of phenolic OH excluding ortho intramolecular Hbond substituents is 1. The van der Waals surface area contributed by atoms with Crippen molar-refractivity contribution in [3.63, 3.8) is 0 Å². The number of carboxylic acid groups (broad SMARTS) is 1. The van der Waals surface area contributed by atoms with Crippen LogP contribution in [0.1, 0.15) is 49.5 Å². The lowest BCUT2D eigenvalue weighted by molar-refractivity contribution is -0.195. The Balaban J connectivity index is 1.34. The molecular weight excluding hydrogens is 618 g/mol. The monoisotopic (exact) mass is 651 g/mol. The van der Waals surface area contributed by atoms with Crippen LogP contribution in [-0.4, -0.2) is 93.6 Å². The van der Waals surface area contributed by atoms with E-state index in [-0.39, 0.29) is 35.3 Å². The lowest BCUT2D eigenvalue weighted by Gasteiger charge is -2.61. The molecule has 248 valence electrons. The van der Waals surface area contributed by atoms with E-state index in [2.05, 4.69) is 4.90 Å². The highest BCUT2D eigenvalue weighted by Crippen LogP contribution is 2.65. The number of hydrogen-bond acceptors (Lipinski definition) is 13. The summed E-state index contributed by atoms with van der Waals surface area (Å²) in [5.74, 6) is -6.59. The first-order chi connectivity index (χ1) is 22.3. The fourth-order valence-corrected chi connectivity index (χ4v) is 7.51. The molecule has 3 N–H and O–H groups in total. The van der Waals surface area contributed by atoms with E-state index in [4.69, 9.17) is 23.7 Å². The molecule has 2 aromatic carbocycles. The molecule has 14 heteroatoms. The van der Waals surface area contributed by atoms with Gasteiger partial charge in [-0.1, -0.05) is 36.4 Å². The Morgan fingerprint density at radius 3 is 2.26 bits per heavy atom. The van der Waals surface area contributed by atoms with Crippen LogP contribution in [0.3, 0.4) is 0 Å². The summed E-state index contributed by atoms with van der Waals surface area (Å²) in [4.78, 5) is 65.5. The van der Waals surface area contributed by atoms with Crippen molar-refractivity contribution < 1.29 is 63.0 Å². The summed E-state index contributed by atoms with van der Waals surface area (Å²) in [6, 6.07) is 10.4. The van der Waals surface area contributed by atoms with E-state index >= 15 is 0 Å². The van der Waals surface area contributed by atoms with E-state index in [1.165, 1.54) is 36.4 Å². The average molecular weight is 652 g/mol. The van der Waals surface area contributed by atoms with Gasteiger partial charge >= 0.3 is 29.8 Å². The minimum absolute atomic E-state index is 0.0318. The Bertz CT molecular complexity index is 1690. The van der Waals surface area contributed by atoms with Crippen LogP contribution in [0.2, 0.25) is 0 Å². The standard InChI is InChI=1S/C33H33NO13/c1-16(35)43-26(27(44-17(2)36)31(41)47-24(29(38)39)18-7-5-4-6-8-18)30(40)45-21-11-12-33(42)22-15-19-9-10-20(37)25-23(19)32(33,28(21)46-25)13-14-34(22)3/h4-11,22,24,26-28,37,42H,12-15H2,1-3H3,(H,38,39)/t22-,24+,26-,27-,28+,32+,33-/m1/s1. The van der Waals surface area contributed by atoms with Gasteiger partial charge in [-0.3, -0.25) is 9.59 Å². The first kappa shape index (κ1) is 32.0. The topological polar surface area (TPSA) is 195 Å². The molecule has 2 aliphatic carbocycles. The largest absolute Gasteiger partial charge is 0.504 e. The molecule has 2 aliphatic heterocycles. The highest BCUT2D eigenvalue weighted by molar-refractivity contribution is 5.90. The molecule has 1 saturated heterocycles. The van der Waals surface area contributed by atoms with Gasteiger partial charge in [0, 0.05) is 37.4 Å². The van der Waals surface area contributed by atoms with E-state index in [1.54, 1.807) is 12.1 Å². The van der Waals surface area contributed by atoms with E-state index in [9.17, 15) is 39.3 Å². The molecule has 2 bridgehead atoms. The van der Waals surface area contributed by atoms with Gasteiger partial charge in [-0.25, -0.2) is 14.4 Å². The Morgan fingerprint density at radius 2 is 1.62 bits per heavy atom. The van der Waals surface area contributed by atoms with Gasteiger partial charge < -0.3 is 43.9 Å². The quantitative estimate of drug-likeness (QED) is 0.260. The van der Waals surface area contributed by atoms with Gasteiger partial charge in [0.1, 0.15) is 5.76 Å².